The third kappa shape index (κ3) is 5.06. The third-order valence-corrected chi connectivity index (χ3v) is 4.91. The van der Waals surface area contributed by atoms with Gasteiger partial charge in [-0.2, -0.15) is 0 Å². The van der Waals surface area contributed by atoms with Crippen LogP contribution < -0.4 is 10.6 Å². The number of furan rings is 1. The fourth-order valence-electron chi connectivity index (χ4n) is 3.15. The predicted octanol–water partition coefficient (Wildman–Crippen LogP) is 5.23. The Labute approximate surface area is 185 Å². The lowest BCUT2D eigenvalue weighted by atomic mass is 10.0. The van der Waals surface area contributed by atoms with Crippen LogP contribution in [0.25, 0.3) is 22.5 Å². The molecule has 4 rings (SSSR count). The number of aliphatic hydroxyl groups is 1. The number of carbonyl (C=O) groups is 1. The van der Waals surface area contributed by atoms with Crippen molar-refractivity contribution in [2.75, 3.05) is 5.32 Å². The maximum Gasteiger partial charge on any atom is 0.257 e. The van der Waals surface area contributed by atoms with Crippen LogP contribution >= 0.6 is 12.2 Å². The van der Waals surface area contributed by atoms with Crippen molar-refractivity contribution >= 4 is 28.9 Å². The molecule has 5 nitrogen and oxygen atoms in total. The van der Waals surface area contributed by atoms with Gasteiger partial charge in [0.05, 0.1) is 0 Å². The number of hydrogen-bond acceptors (Lipinski definition) is 4. The summed E-state index contributed by atoms with van der Waals surface area (Å²) >= 11 is 5.30. The molecule has 0 saturated heterocycles. The van der Waals surface area contributed by atoms with Crippen molar-refractivity contribution in [1.29, 1.82) is 0 Å². The second-order valence-corrected chi connectivity index (χ2v) is 7.26. The first-order valence-corrected chi connectivity index (χ1v) is 10.1. The number of benzene rings is 3. The molecule has 0 fully saturated rings. The van der Waals surface area contributed by atoms with E-state index in [2.05, 4.69) is 10.6 Å². The van der Waals surface area contributed by atoms with Crippen LogP contribution in [0.4, 0.5) is 5.69 Å². The van der Waals surface area contributed by atoms with Gasteiger partial charge in [-0.15, -0.1) is 0 Å². The number of amides is 1. The van der Waals surface area contributed by atoms with Crippen LogP contribution in [0.15, 0.2) is 95.4 Å². The van der Waals surface area contributed by atoms with Gasteiger partial charge in [-0.05, 0) is 59.7 Å². The van der Waals surface area contributed by atoms with E-state index in [4.69, 9.17) is 21.7 Å². The average molecular weight is 429 g/mol. The Morgan fingerprint density at radius 3 is 2.26 bits per heavy atom. The van der Waals surface area contributed by atoms with Gasteiger partial charge in [-0.1, -0.05) is 54.6 Å². The molecule has 0 aliphatic carbocycles. The first-order valence-electron chi connectivity index (χ1n) is 9.70. The Morgan fingerprint density at radius 2 is 1.55 bits per heavy atom. The van der Waals surface area contributed by atoms with E-state index in [1.54, 1.807) is 24.3 Å². The summed E-state index contributed by atoms with van der Waals surface area (Å²) in [5, 5.41) is 15.1. The number of hydrogen-bond donors (Lipinski definition) is 3. The van der Waals surface area contributed by atoms with E-state index in [-0.39, 0.29) is 17.6 Å². The SMILES string of the molecule is O=C(NC(=S)Nc1cccc(-c2ccc(CO)o2)c1)c1ccc(-c2ccccc2)cc1. The minimum Gasteiger partial charge on any atom is -0.459 e. The van der Waals surface area contributed by atoms with Gasteiger partial charge < -0.3 is 14.8 Å². The predicted molar refractivity (Wildman–Crippen MR) is 126 cm³/mol. The van der Waals surface area contributed by atoms with E-state index in [0.29, 0.717) is 22.8 Å². The summed E-state index contributed by atoms with van der Waals surface area (Å²) < 4.78 is 5.56. The Bertz CT molecular complexity index is 1200. The molecule has 1 aromatic heterocycles. The molecule has 0 bridgehead atoms. The van der Waals surface area contributed by atoms with Crippen molar-refractivity contribution in [3.8, 4) is 22.5 Å². The van der Waals surface area contributed by atoms with Crippen molar-refractivity contribution in [2.45, 2.75) is 6.61 Å². The highest BCUT2D eigenvalue weighted by Gasteiger charge is 2.10. The lowest BCUT2D eigenvalue weighted by Crippen LogP contribution is -2.34. The van der Waals surface area contributed by atoms with Crippen molar-refractivity contribution in [3.05, 3.63) is 102 Å². The molecule has 0 atom stereocenters. The van der Waals surface area contributed by atoms with E-state index in [1.165, 1.54) is 0 Å². The summed E-state index contributed by atoms with van der Waals surface area (Å²) in [6, 6.07) is 28.3. The number of thiocarbonyl (C=S) groups is 1. The van der Waals surface area contributed by atoms with Crippen LogP contribution in [-0.4, -0.2) is 16.1 Å². The van der Waals surface area contributed by atoms with Gasteiger partial charge in [0.25, 0.3) is 5.91 Å². The average Bonchev–Trinajstić information content (AvgIpc) is 3.29. The molecule has 154 valence electrons. The molecule has 0 spiro atoms. The Morgan fingerprint density at radius 1 is 0.839 bits per heavy atom. The van der Waals surface area contributed by atoms with Crippen molar-refractivity contribution < 1.29 is 14.3 Å². The molecule has 6 heteroatoms. The van der Waals surface area contributed by atoms with Gasteiger partial charge in [-0.25, -0.2) is 0 Å². The number of aliphatic hydroxyl groups excluding tert-OH is 1. The van der Waals surface area contributed by atoms with Crippen LogP contribution in [0, 0.1) is 0 Å². The van der Waals surface area contributed by atoms with Gasteiger partial charge in [-0.3, -0.25) is 10.1 Å². The zero-order valence-corrected chi connectivity index (χ0v) is 17.4. The van der Waals surface area contributed by atoms with E-state index in [0.717, 1.165) is 16.7 Å². The number of nitrogens with one attached hydrogen (secondary N) is 2. The monoisotopic (exact) mass is 428 g/mol. The zero-order valence-electron chi connectivity index (χ0n) is 16.5. The second kappa shape index (κ2) is 9.38. The summed E-state index contributed by atoms with van der Waals surface area (Å²) in [5.41, 5.74) is 4.19. The summed E-state index contributed by atoms with van der Waals surface area (Å²) in [5.74, 6) is 0.850. The van der Waals surface area contributed by atoms with Crippen molar-refractivity contribution in [2.24, 2.45) is 0 Å². The molecule has 31 heavy (non-hydrogen) atoms. The highest BCUT2D eigenvalue weighted by Crippen LogP contribution is 2.25. The number of carbonyl (C=O) groups excluding carboxylic acids is 1. The molecule has 1 heterocycles. The molecule has 0 saturated carbocycles. The van der Waals surface area contributed by atoms with Gasteiger partial charge in [0.2, 0.25) is 0 Å². The van der Waals surface area contributed by atoms with Crippen LogP contribution in [-0.2, 0) is 6.61 Å². The van der Waals surface area contributed by atoms with Crippen LogP contribution in [0.3, 0.4) is 0 Å². The Kier molecular flexibility index (Phi) is 6.21. The molecule has 0 aliphatic heterocycles. The van der Waals surface area contributed by atoms with Crippen LogP contribution in [0.5, 0.6) is 0 Å². The first kappa shape index (κ1) is 20.5. The highest BCUT2D eigenvalue weighted by molar-refractivity contribution is 7.80. The zero-order chi connectivity index (χ0) is 21.6. The molecular formula is C25H20N2O3S. The molecule has 3 N–H and O–H groups in total. The van der Waals surface area contributed by atoms with Gasteiger partial charge in [0, 0.05) is 16.8 Å². The van der Waals surface area contributed by atoms with E-state index < -0.39 is 0 Å². The lowest BCUT2D eigenvalue weighted by Gasteiger charge is -2.11. The smallest absolute Gasteiger partial charge is 0.257 e. The maximum absolute atomic E-state index is 12.5. The standard InChI is InChI=1S/C25H20N2O3S/c28-16-22-13-14-23(30-22)20-7-4-8-21(15-20)26-25(31)27-24(29)19-11-9-18(10-12-19)17-5-2-1-3-6-17/h1-15,28H,16H2,(H2,26,27,29,31). The normalized spacial score (nSPS) is 10.5. The lowest BCUT2D eigenvalue weighted by molar-refractivity contribution is 0.0977. The molecule has 0 unspecified atom stereocenters. The molecule has 4 aromatic rings. The Balaban J connectivity index is 1.39. The van der Waals surface area contributed by atoms with Crippen LogP contribution in [0.2, 0.25) is 0 Å². The molecule has 0 aliphatic rings. The maximum atomic E-state index is 12.5. The number of anilines is 1. The van der Waals surface area contributed by atoms with Gasteiger partial charge in [0.15, 0.2) is 5.11 Å². The van der Waals surface area contributed by atoms with Gasteiger partial charge in [0.1, 0.15) is 18.1 Å². The van der Waals surface area contributed by atoms with Gasteiger partial charge >= 0.3 is 0 Å². The van der Waals surface area contributed by atoms with Crippen molar-refractivity contribution in [1.82, 2.24) is 5.32 Å². The third-order valence-electron chi connectivity index (χ3n) is 4.70. The van der Waals surface area contributed by atoms with Crippen LogP contribution in [0.1, 0.15) is 16.1 Å². The fraction of sp³-hybridized carbons (Fsp3) is 0.0400. The topological polar surface area (TPSA) is 74.5 Å². The molecular weight excluding hydrogens is 408 g/mol. The highest BCUT2D eigenvalue weighted by atomic mass is 32.1. The number of rotatable bonds is 5. The summed E-state index contributed by atoms with van der Waals surface area (Å²) in [7, 11) is 0. The second-order valence-electron chi connectivity index (χ2n) is 6.86. The molecule has 0 radical (unpaired) electrons. The largest absolute Gasteiger partial charge is 0.459 e. The first-order chi connectivity index (χ1) is 15.1. The Hall–Kier alpha value is -3.74. The molecule has 3 aromatic carbocycles. The summed E-state index contributed by atoms with van der Waals surface area (Å²) in [6.07, 6.45) is 0. The van der Waals surface area contributed by atoms with E-state index >= 15 is 0 Å². The minimum absolute atomic E-state index is 0.152. The molecule has 1 amide bonds. The quantitative estimate of drug-likeness (QED) is 0.380. The summed E-state index contributed by atoms with van der Waals surface area (Å²) in [4.78, 5) is 12.5. The fourth-order valence-corrected chi connectivity index (χ4v) is 3.36. The van der Waals surface area contributed by atoms with E-state index in [1.807, 2.05) is 66.7 Å². The van der Waals surface area contributed by atoms with E-state index in [9.17, 15) is 4.79 Å². The summed E-state index contributed by atoms with van der Waals surface area (Å²) in [6.45, 7) is -0.152. The van der Waals surface area contributed by atoms with Crippen molar-refractivity contribution in [3.63, 3.8) is 0 Å². The minimum atomic E-state index is -0.285.